The summed E-state index contributed by atoms with van der Waals surface area (Å²) < 4.78 is 10.7. The Morgan fingerprint density at radius 2 is 1.91 bits per heavy atom. The molecule has 2 aromatic rings. The smallest absolute Gasteiger partial charge is 0.333 e. The first-order chi connectivity index (χ1) is 11.1. The number of carbonyl (C=O) groups excluding carboxylic acids is 1. The largest absolute Gasteiger partial charge is 0.487 e. The zero-order valence-electron chi connectivity index (χ0n) is 13.2. The molecule has 3 nitrogen and oxygen atoms in total. The molecule has 0 unspecified atom stereocenters. The van der Waals surface area contributed by atoms with Crippen LogP contribution in [-0.4, -0.2) is 12.6 Å². The highest BCUT2D eigenvalue weighted by molar-refractivity contribution is 6.32. The van der Waals surface area contributed by atoms with Crippen molar-refractivity contribution in [1.29, 1.82) is 0 Å². The normalized spacial score (nSPS) is 11.2. The summed E-state index contributed by atoms with van der Waals surface area (Å²) in [5.74, 6) is 0.287. The lowest BCUT2D eigenvalue weighted by atomic mass is 10.1. The highest BCUT2D eigenvalue weighted by Crippen LogP contribution is 2.27. The van der Waals surface area contributed by atoms with Gasteiger partial charge in [0.2, 0.25) is 0 Å². The molecule has 2 rings (SSSR count). The van der Waals surface area contributed by atoms with Gasteiger partial charge < -0.3 is 9.47 Å². The zero-order valence-corrected chi connectivity index (χ0v) is 14.0. The van der Waals surface area contributed by atoms with Gasteiger partial charge in [-0.15, -0.1) is 0 Å². The van der Waals surface area contributed by atoms with Gasteiger partial charge in [0.25, 0.3) is 0 Å². The van der Waals surface area contributed by atoms with Crippen LogP contribution in [0.3, 0.4) is 0 Å². The second-order valence-electron chi connectivity index (χ2n) is 5.01. The molecule has 0 radical (unpaired) electrons. The third-order valence-electron chi connectivity index (χ3n) is 3.17. The number of ether oxygens (including phenoxy) is 2. The van der Waals surface area contributed by atoms with Crippen molar-refractivity contribution >= 4 is 23.6 Å². The molecule has 0 aliphatic heterocycles. The lowest BCUT2D eigenvalue weighted by molar-refractivity contribution is -0.138. The quantitative estimate of drug-likeness (QED) is 0.559. The Hall–Kier alpha value is -2.26. The van der Waals surface area contributed by atoms with Crippen LogP contribution in [0.25, 0.3) is 6.08 Å². The van der Waals surface area contributed by atoms with E-state index >= 15 is 0 Å². The summed E-state index contributed by atoms with van der Waals surface area (Å²) in [6, 6.07) is 15.3. The zero-order chi connectivity index (χ0) is 16.7. The minimum atomic E-state index is -0.326. The molecular formula is C19H19ClO3. The van der Waals surface area contributed by atoms with Crippen LogP contribution in [0.15, 0.2) is 54.1 Å². The number of hydrogen-bond acceptors (Lipinski definition) is 3. The van der Waals surface area contributed by atoms with Crippen molar-refractivity contribution in [2.75, 3.05) is 6.61 Å². The van der Waals surface area contributed by atoms with E-state index in [-0.39, 0.29) is 5.97 Å². The van der Waals surface area contributed by atoms with E-state index < -0.39 is 0 Å². The maximum Gasteiger partial charge on any atom is 0.333 e. The average molecular weight is 331 g/mol. The van der Waals surface area contributed by atoms with Gasteiger partial charge in [-0.05, 0) is 43.2 Å². The van der Waals surface area contributed by atoms with Gasteiger partial charge in [0.1, 0.15) is 12.4 Å². The first-order valence-electron chi connectivity index (χ1n) is 7.42. The Bertz CT molecular complexity index is 693. The standard InChI is InChI=1S/C19H19ClO3/c1-3-22-19(21)14(2)11-16-9-10-18(17(20)12-16)23-13-15-7-5-4-6-8-15/h4-12H,3,13H2,1-2H3. The van der Waals surface area contributed by atoms with Gasteiger partial charge in [-0.1, -0.05) is 48.0 Å². The van der Waals surface area contributed by atoms with E-state index in [4.69, 9.17) is 21.1 Å². The molecule has 0 saturated heterocycles. The van der Waals surface area contributed by atoms with Crippen LogP contribution in [0.5, 0.6) is 5.75 Å². The van der Waals surface area contributed by atoms with Gasteiger partial charge >= 0.3 is 5.97 Å². The Labute approximate surface area is 141 Å². The van der Waals surface area contributed by atoms with Crippen molar-refractivity contribution in [3.8, 4) is 5.75 Å². The minimum Gasteiger partial charge on any atom is -0.487 e. The van der Waals surface area contributed by atoms with Crippen molar-refractivity contribution < 1.29 is 14.3 Å². The number of esters is 1. The van der Waals surface area contributed by atoms with Crippen molar-refractivity contribution in [2.45, 2.75) is 20.5 Å². The first-order valence-corrected chi connectivity index (χ1v) is 7.79. The lowest BCUT2D eigenvalue weighted by Gasteiger charge is -2.09. The number of carbonyl (C=O) groups is 1. The van der Waals surface area contributed by atoms with E-state index in [1.54, 1.807) is 32.1 Å². The van der Waals surface area contributed by atoms with E-state index in [9.17, 15) is 4.79 Å². The van der Waals surface area contributed by atoms with Gasteiger partial charge in [-0.25, -0.2) is 4.79 Å². The van der Waals surface area contributed by atoms with E-state index in [0.717, 1.165) is 11.1 Å². The van der Waals surface area contributed by atoms with Crippen LogP contribution < -0.4 is 4.74 Å². The second kappa shape index (κ2) is 8.39. The van der Waals surface area contributed by atoms with Crippen LogP contribution in [0, 0.1) is 0 Å². The molecule has 0 heterocycles. The molecule has 0 aliphatic carbocycles. The number of benzene rings is 2. The fraction of sp³-hybridized carbons (Fsp3) is 0.211. The molecule has 0 fully saturated rings. The van der Waals surface area contributed by atoms with Gasteiger partial charge in [0.15, 0.2) is 0 Å². The molecule has 120 valence electrons. The Morgan fingerprint density at radius 3 is 2.57 bits per heavy atom. The molecule has 0 spiro atoms. The third-order valence-corrected chi connectivity index (χ3v) is 3.47. The number of halogens is 1. The van der Waals surface area contributed by atoms with Crippen LogP contribution in [0.1, 0.15) is 25.0 Å². The number of rotatable bonds is 6. The third kappa shape index (κ3) is 5.15. The molecule has 0 N–H and O–H groups in total. The van der Waals surface area contributed by atoms with Crippen molar-refractivity contribution in [3.63, 3.8) is 0 Å². The van der Waals surface area contributed by atoms with Crippen molar-refractivity contribution in [2.24, 2.45) is 0 Å². The maximum atomic E-state index is 11.6. The van der Waals surface area contributed by atoms with Crippen LogP contribution in [-0.2, 0) is 16.1 Å². The summed E-state index contributed by atoms with van der Waals surface area (Å²) in [6.07, 6.45) is 1.74. The Kier molecular flexibility index (Phi) is 6.24. The van der Waals surface area contributed by atoms with E-state index in [1.807, 2.05) is 36.4 Å². The highest BCUT2D eigenvalue weighted by atomic mass is 35.5. The summed E-state index contributed by atoms with van der Waals surface area (Å²) >= 11 is 6.25. The Balaban J connectivity index is 2.06. The summed E-state index contributed by atoms with van der Waals surface area (Å²) in [7, 11) is 0. The summed E-state index contributed by atoms with van der Waals surface area (Å²) in [5, 5.41) is 0.506. The molecule has 23 heavy (non-hydrogen) atoms. The SMILES string of the molecule is CCOC(=O)C(C)=Cc1ccc(OCc2ccccc2)c(Cl)c1. The first kappa shape index (κ1) is 17.1. The molecule has 0 amide bonds. The monoisotopic (exact) mass is 330 g/mol. The second-order valence-corrected chi connectivity index (χ2v) is 5.42. The van der Waals surface area contributed by atoms with Gasteiger partial charge in [0.05, 0.1) is 11.6 Å². The molecule has 4 heteroatoms. The predicted molar refractivity (Wildman–Crippen MR) is 92.5 cm³/mol. The Morgan fingerprint density at radius 1 is 1.17 bits per heavy atom. The van der Waals surface area contributed by atoms with E-state index in [0.29, 0.717) is 29.6 Å². The van der Waals surface area contributed by atoms with Crippen molar-refractivity contribution in [1.82, 2.24) is 0 Å². The fourth-order valence-electron chi connectivity index (χ4n) is 2.01. The van der Waals surface area contributed by atoms with E-state index in [2.05, 4.69) is 0 Å². The van der Waals surface area contributed by atoms with Crippen molar-refractivity contribution in [3.05, 3.63) is 70.3 Å². The maximum absolute atomic E-state index is 11.6. The summed E-state index contributed by atoms with van der Waals surface area (Å²) in [6.45, 7) is 4.31. The molecule has 0 atom stereocenters. The molecule has 0 aliphatic rings. The summed E-state index contributed by atoms with van der Waals surface area (Å²) in [4.78, 5) is 11.6. The molecule has 0 bridgehead atoms. The molecule has 0 saturated carbocycles. The van der Waals surface area contributed by atoms with Crippen LogP contribution >= 0.6 is 11.6 Å². The predicted octanol–water partition coefficient (Wildman–Crippen LogP) is 4.89. The topological polar surface area (TPSA) is 35.5 Å². The van der Waals surface area contributed by atoms with Gasteiger partial charge in [0, 0.05) is 5.57 Å². The summed E-state index contributed by atoms with van der Waals surface area (Å²) in [5.41, 5.74) is 2.43. The van der Waals surface area contributed by atoms with Gasteiger partial charge in [-0.3, -0.25) is 0 Å². The fourth-order valence-corrected chi connectivity index (χ4v) is 2.26. The molecule has 0 aromatic heterocycles. The number of hydrogen-bond donors (Lipinski definition) is 0. The molecule has 2 aromatic carbocycles. The molecular weight excluding hydrogens is 312 g/mol. The average Bonchev–Trinajstić information content (AvgIpc) is 2.55. The highest BCUT2D eigenvalue weighted by Gasteiger charge is 2.07. The van der Waals surface area contributed by atoms with Crippen LogP contribution in [0.2, 0.25) is 5.02 Å². The van der Waals surface area contributed by atoms with E-state index in [1.165, 1.54) is 0 Å². The lowest BCUT2D eigenvalue weighted by Crippen LogP contribution is -2.04. The minimum absolute atomic E-state index is 0.326. The van der Waals surface area contributed by atoms with Crippen LogP contribution in [0.4, 0.5) is 0 Å². The van der Waals surface area contributed by atoms with Gasteiger partial charge in [-0.2, -0.15) is 0 Å².